The van der Waals surface area contributed by atoms with E-state index in [0.717, 1.165) is 6.26 Å². The maximum absolute atomic E-state index is 10.7. The summed E-state index contributed by atoms with van der Waals surface area (Å²) in [6.07, 6.45) is 0.504. The number of hydrogen-bond acceptors (Lipinski definition) is 4. The molecular weight excluding hydrogens is 212 g/mol. The molecule has 14 heavy (non-hydrogen) atoms. The second kappa shape index (κ2) is 4.91. The van der Waals surface area contributed by atoms with E-state index in [4.69, 9.17) is 10.8 Å². The largest absolute Gasteiger partial charge is 0.480 e. The molecule has 82 valence electrons. The van der Waals surface area contributed by atoms with Gasteiger partial charge in [-0.05, 0) is 6.42 Å². The third-order valence-electron chi connectivity index (χ3n) is 1.33. The number of nitrogens with two attached hydrogens (primary N) is 1. The fraction of sp³-hybridized carbons (Fsp3) is 0.667. The van der Waals surface area contributed by atoms with E-state index in [1.165, 1.54) is 0 Å². The van der Waals surface area contributed by atoms with Crippen LogP contribution in [0.4, 0.5) is 0 Å². The quantitative estimate of drug-likeness (QED) is 0.493. The van der Waals surface area contributed by atoms with Crippen LogP contribution in [0.3, 0.4) is 0 Å². The highest BCUT2D eigenvalue weighted by Gasteiger charge is 2.21. The van der Waals surface area contributed by atoms with Crippen molar-refractivity contribution in [3.05, 3.63) is 0 Å². The van der Waals surface area contributed by atoms with Crippen LogP contribution in [0, 0.1) is 0 Å². The second-order valence-corrected chi connectivity index (χ2v) is 4.57. The lowest BCUT2D eigenvalue weighted by molar-refractivity contribution is -0.139. The molecule has 0 aliphatic heterocycles. The molecule has 1 atom stereocenters. The Morgan fingerprint density at radius 2 is 2.00 bits per heavy atom. The minimum absolute atomic E-state index is 0.155. The van der Waals surface area contributed by atoms with E-state index >= 15 is 0 Å². The molecule has 0 aromatic heterocycles. The molecule has 4 N–H and O–H groups in total. The van der Waals surface area contributed by atoms with Crippen molar-refractivity contribution >= 4 is 21.9 Å². The van der Waals surface area contributed by atoms with Gasteiger partial charge >= 0.3 is 5.97 Å². The number of rotatable bonds is 6. The summed E-state index contributed by atoms with van der Waals surface area (Å²) < 4.78 is 23.3. The van der Waals surface area contributed by atoms with E-state index in [1.54, 1.807) is 0 Å². The summed E-state index contributed by atoms with van der Waals surface area (Å²) in [4.78, 5) is 20.9. The molecule has 0 bridgehead atoms. The number of primary amides is 1. The molecule has 0 spiro atoms. The minimum Gasteiger partial charge on any atom is -0.480 e. The monoisotopic (exact) mass is 224 g/mol. The SMILES string of the molecule is CS(=O)(=O)N[C@H](CCC(N)=O)C(=O)O. The topological polar surface area (TPSA) is 127 Å². The first-order chi connectivity index (χ1) is 6.22. The predicted molar refractivity (Wildman–Crippen MR) is 47.8 cm³/mol. The Labute approximate surface area is 81.3 Å². The lowest BCUT2D eigenvalue weighted by atomic mass is 10.2. The normalized spacial score (nSPS) is 13.5. The molecule has 0 unspecified atom stereocenters. The molecule has 0 aliphatic rings. The van der Waals surface area contributed by atoms with Gasteiger partial charge in [0.15, 0.2) is 0 Å². The average Bonchev–Trinajstić information content (AvgIpc) is 1.94. The first-order valence-corrected chi connectivity index (χ1v) is 5.60. The van der Waals surface area contributed by atoms with Crippen LogP contribution in [-0.4, -0.2) is 37.7 Å². The van der Waals surface area contributed by atoms with Crippen LogP contribution in [0.5, 0.6) is 0 Å². The molecule has 0 rings (SSSR count). The number of carboxylic acids is 1. The van der Waals surface area contributed by atoms with Crippen molar-refractivity contribution in [2.45, 2.75) is 18.9 Å². The minimum atomic E-state index is -3.60. The van der Waals surface area contributed by atoms with Crippen LogP contribution in [0.1, 0.15) is 12.8 Å². The van der Waals surface area contributed by atoms with Crippen molar-refractivity contribution < 1.29 is 23.1 Å². The molecule has 0 heterocycles. The average molecular weight is 224 g/mol. The maximum atomic E-state index is 10.7. The highest BCUT2D eigenvalue weighted by atomic mass is 32.2. The molecule has 7 nitrogen and oxygen atoms in total. The molecular formula is C6H12N2O5S. The van der Waals surface area contributed by atoms with Gasteiger partial charge in [-0.25, -0.2) is 13.1 Å². The van der Waals surface area contributed by atoms with Crippen molar-refractivity contribution in [2.75, 3.05) is 6.26 Å². The van der Waals surface area contributed by atoms with Crippen LogP contribution < -0.4 is 10.5 Å². The van der Waals surface area contributed by atoms with Gasteiger partial charge in [-0.1, -0.05) is 0 Å². The maximum Gasteiger partial charge on any atom is 0.321 e. The Bertz CT molecular complexity index is 323. The fourth-order valence-electron chi connectivity index (χ4n) is 0.778. The first kappa shape index (κ1) is 12.8. The number of sulfonamides is 1. The van der Waals surface area contributed by atoms with Crippen molar-refractivity contribution in [2.24, 2.45) is 5.73 Å². The van der Waals surface area contributed by atoms with Gasteiger partial charge in [0.05, 0.1) is 6.26 Å². The smallest absolute Gasteiger partial charge is 0.321 e. The van der Waals surface area contributed by atoms with Gasteiger partial charge in [-0.3, -0.25) is 9.59 Å². The molecule has 0 radical (unpaired) electrons. The van der Waals surface area contributed by atoms with Gasteiger partial charge < -0.3 is 10.8 Å². The predicted octanol–water partition coefficient (Wildman–Crippen LogP) is -1.75. The molecule has 8 heteroatoms. The lowest BCUT2D eigenvalue weighted by Gasteiger charge is -2.11. The first-order valence-electron chi connectivity index (χ1n) is 3.71. The van der Waals surface area contributed by atoms with E-state index in [0.29, 0.717) is 0 Å². The van der Waals surface area contributed by atoms with Crippen molar-refractivity contribution in [1.29, 1.82) is 0 Å². The van der Waals surface area contributed by atoms with Crippen molar-refractivity contribution in [3.8, 4) is 0 Å². The summed E-state index contributed by atoms with van der Waals surface area (Å²) in [5, 5.41) is 8.57. The molecule has 0 saturated heterocycles. The van der Waals surface area contributed by atoms with Crippen molar-refractivity contribution in [3.63, 3.8) is 0 Å². The molecule has 0 aromatic carbocycles. The zero-order chi connectivity index (χ0) is 11.4. The zero-order valence-corrected chi connectivity index (χ0v) is 8.37. The Morgan fingerprint density at radius 1 is 1.50 bits per heavy atom. The molecule has 0 saturated carbocycles. The third kappa shape index (κ3) is 6.38. The van der Waals surface area contributed by atoms with E-state index in [2.05, 4.69) is 0 Å². The Hall–Kier alpha value is -1.15. The Balaban J connectivity index is 4.32. The summed E-state index contributed by atoms with van der Waals surface area (Å²) in [6, 6.07) is -1.31. The number of aliphatic carboxylic acids is 1. The van der Waals surface area contributed by atoms with E-state index in [9.17, 15) is 18.0 Å². The number of nitrogens with one attached hydrogen (secondary N) is 1. The summed E-state index contributed by atoms with van der Waals surface area (Å²) >= 11 is 0. The highest BCUT2D eigenvalue weighted by Crippen LogP contribution is 1.98. The van der Waals surface area contributed by atoms with Gasteiger partial charge in [0.1, 0.15) is 6.04 Å². The summed E-state index contributed by atoms with van der Waals surface area (Å²) in [5.74, 6) is -2.01. The molecule has 1 amide bonds. The fourth-order valence-corrected chi connectivity index (χ4v) is 1.51. The van der Waals surface area contributed by atoms with E-state index in [-0.39, 0.29) is 12.8 Å². The van der Waals surface area contributed by atoms with Gasteiger partial charge in [0, 0.05) is 6.42 Å². The van der Waals surface area contributed by atoms with Crippen LogP contribution in [0.25, 0.3) is 0 Å². The number of carbonyl (C=O) groups excluding carboxylic acids is 1. The summed E-state index contributed by atoms with van der Waals surface area (Å²) in [5.41, 5.74) is 4.80. The van der Waals surface area contributed by atoms with Gasteiger partial charge in [-0.15, -0.1) is 0 Å². The van der Waals surface area contributed by atoms with Gasteiger partial charge in [0.2, 0.25) is 15.9 Å². The van der Waals surface area contributed by atoms with Crippen LogP contribution in [-0.2, 0) is 19.6 Å². The van der Waals surface area contributed by atoms with Crippen LogP contribution in [0.15, 0.2) is 0 Å². The Kier molecular flexibility index (Phi) is 4.51. The second-order valence-electron chi connectivity index (χ2n) is 2.79. The molecule has 0 aliphatic carbocycles. The Morgan fingerprint density at radius 3 is 2.29 bits per heavy atom. The van der Waals surface area contributed by atoms with Crippen LogP contribution >= 0.6 is 0 Å². The number of hydrogen-bond donors (Lipinski definition) is 3. The summed E-state index contributed by atoms with van der Waals surface area (Å²) in [6.45, 7) is 0. The van der Waals surface area contributed by atoms with Gasteiger partial charge in [-0.2, -0.15) is 0 Å². The third-order valence-corrected chi connectivity index (χ3v) is 2.05. The van der Waals surface area contributed by atoms with E-state index < -0.39 is 27.9 Å². The van der Waals surface area contributed by atoms with Crippen LogP contribution in [0.2, 0.25) is 0 Å². The van der Waals surface area contributed by atoms with E-state index in [1.807, 2.05) is 4.72 Å². The number of carboxylic acid groups (broad SMARTS) is 1. The van der Waals surface area contributed by atoms with Gasteiger partial charge in [0.25, 0.3) is 0 Å². The number of amides is 1. The molecule has 0 aromatic rings. The zero-order valence-electron chi connectivity index (χ0n) is 7.56. The lowest BCUT2D eigenvalue weighted by Crippen LogP contribution is -2.40. The number of carbonyl (C=O) groups is 2. The molecule has 0 fully saturated rings. The highest BCUT2D eigenvalue weighted by molar-refractivity contribution is 7.88. The van der Waals surface area contributed by atoms with Crippen molar-refractivity contribution in [1.82, 2.24) is 4.72 Å². The standard InChI is InChI=1S/C6H12N2O5S/c1-14(12,13)8-4(6(10)11)2-3-5(7)9/h4,8H,2-3H2,1H3,(H2,7,9)(H,10,11)/t4-/m1/s1. The summed E-state index contributed by atoms with van der Waals surface area (Å²) in [7, 11) is -3.60.